The molecule has 0 bridgehead atoms. The predicted molar refractivity (Wildman–Crippen MR) is 90.1 cm³/mol. The summed E-state index contributed by atoms with van der Waals surface area (Å²) in [4.78, 5) is 18.5. The second-order valence-corrected chi connectivity index (χ2v) is 6.15. The molecule has 0 aliphatic carbocycles. The lowest BCUT2D eigenvalue weighted by Gasteiger charge is -2.17. The van der Waals surface area contributed by atoms with Gasteiger partial charge in [-0.2, -0.15) is 13.2 Å². The number of hydrogen-bond donors (Lipinski definition) is 1. The van der Waals surface area contributed by atoms with Crippen molar-refractivity contribution in [1.82, 2.24) is 4.98 Å². The fourth-order valence-electron chi connectivity index (χ4n) is 2.73. The summed E-state index contributed by atoms with van der Waals surface area (Å²) >= 11 is 5.58. The number of benzene rings is 1. The lowest BCUT2D eigenvalue weighted by molar-refractivity contribution is -0.137. The maximum absolute atomic E-state index is 12.9. The summed E-state index contributed by atoms with van der Waals surface area (Å²) in [6.45, 7) is 1.83. The van der Waals surface area contributed by atoms with Gasteiger partial charge < -0.3 is 10.2 Å². The van der Waals surface area contributed by atoms with Gasteiger partial charge >= 0.3 is 6.18 Å². The molecule has 0 spiro atoms. The van der Waals surface area contributed by atoms with Crippen molar-refractivity contribution < 1.29 is 18.0 Å². The van der Waals surface area contributed by atoms with Crippen molar-refractivity contribution in [2.45, 2.75) is 19.0 Å². The average Bonchev–Trinajstić information content (AvgIpc) is 3.10. The number of pyridine rings is 1. The molecule has 1 aromatic heterocycles. The number of halogens is 4. The van der Waals surface area contributed by atoms with Crippen LogP contribution in [0.4, 0.5) is 24.5 Å². The molecule has 0 radical (unpaired) electrons. The molecule has 1 aromatic carbocycles. The minimum absolute atomic E-state index is 0.00935. The summed E-state index contributed by atoms with van der Waals surface area (Å²) in [6, 6.07) is 6.69. The molecule has 1 N–H and O–H groups in total. The summed E-state index contributed by atoms with van der Waals surface area (Å²) in [5, 5.41) is 2.02. The van der Waals surface area contributed by atoms with Crippen molar-refractivity contribution in [1.29, 1.82) is 0 Å². The van der Waals surface area contributed by atoms with Crippen LogP contribution in [-0.2, 0) is 6.18 Å². The summed E-state index contributed by atoms with van der Waals surface area (Å²) in [6.07, 6.45) is -0.888. The van der Waals surface area contributed by atoms with Crippen LogP contribution in [0.3, 0.4) is 0 Å². The zero-order valence-electron chi connectivity index (χ0n) is 13.1. The molecule has 2 heterocycles. The molecule has 1 aliphatic rings. The zero-order valence-corrected chi connectivity index (χ0v) is 13.9. The van der Waals surface area contributed by atoms with Gasteiger partial charge in [0, 0.05) is 30.7 Å². The Balaban J connectivity index is 1.80. The third-order valence-electron chi connectivity index (χ3n) is 3.98. The number of nitrogens with zero attached hydrogens (tertiary/aromatic N) is 2. The van der Waals surface area contributed by atoms with Crippen LogP contribution in [0.1, 0.15) is 28.9 Å². The second kappa shape index (κ2) is 6.92. The number of alkyl halides is 3. The quantitative estimate of drug-likeness (QED) is 0.859. The van der Waals surface area contributed by atoms with Crippen molar-refractivity contribution in [2.24, 2.45) is 0 Å². The van der Waals surface area contributed by atoms with Crippen molar-refractivity contribution >= 4 is 28.9 Å². The molecule has 2 aromatic rings. The summed E-state index contributed by atoms with van der Waals surface area (Å²) in [5.41, 5.74) is 0.0403. The van der Waals surface area contributed by atoms with E-state index in [1.165, 1.54) is 12.3 Å². The molecular formula is C17H15ClF3N3O. The fraction of sp³-hybridized carbons (Fsp3) is 0.294. The van der Waals surface area contributed by atoms with Crippen LogP contribution in [0.25, 0.3) is 0 Å². The summed E-state index contributed by atoms with van der Waals surface area (Å²) in [7, 11) is 0. The molecule has 1 aliphatic heterocycles. The van der Waals surface area contributed by atoms with E-state index in [4.69, 9.17) is 11.6 Å². The van der Waals surface area contributed by atoms with E-state index in [-0.39, 0.29) is 11.4 Å². The third kappa shape index (κ3) is 4.04. The van der Waals surface area contributed by atoms with Gasteiger partial charge in [0.2, 0.25) is 0 Å². The molecule has 4 nitrogen and oxygen atoms in total. The highest BCUT2D eigenvalue weighted by atomic mass is 35.5. The van der Waals surface area contributed by atoms with E-state index in [0.717, 1.165) is 43.8 Å². The van der Waals surface area contributed by atoms with Gasteiger partial charge in [0.1, 0.15) is 5.69 Å². The molecular weight excluding hydrogens is 355 g/mol. The first-order valence-corrected chi connectivity index (χ1v) is 8.11. The van der Waals surface area contributed by atoms with Crippen molar-refractivity contribution in [3.05, 3.63) is 52.8 Å². The van der Waals surface area contributed by atoms with E-state index < -0.39 is 22.7 Å². The molecule has 25 heavy (non-hydrogen) atoms. The highest BCUT2D eigenvalue weighted by molar-refractivity contribution is 6.31. The minimum Gasteiger partial charge on any atom is -0.371 e. The Morgan fingerprint density at radius 2 is 1.88 bits per heavy atom. The normalized spacial score (nSPS) is 14.6. The first-order chi connectivity index (χ1) is 11.8. The van der Waals surface area contributed by atoms with Crippen LogP contribution in [0.5, 0.6) is 0 Å². The summed E-state index contributed by atoms with van der Waals surface area (Å²) < 4.78 is 38.7. The number of aromatic nitrogens is 1. The monoisotopic (exact) mass is 369 g/mol. The maximum atomic E-state index is 12.9. The highest BCUT2D eigenvalue weighted by Gasteiger charge is 2.33. The average molecular weight is 370 g/mol. The van der Waals surface area contributed by atoms with Gasteiger partial charge in [-0.3, -0.25) is 9.78 Å². The highest BCUT2D eigenvalue weighted by Crippen LogP contribution is 2.36. The van der Waals surface area contributed by atoms with Crippen molar-refractivity contribution in [3.8, 4) is 0 Å². The van der Waals surface area contributed by atoms with E-state index in [1.807, 2.05) is 6.07 Å². The number of nitrogens with one attached hydrogen (secondary N) is 1. The van der Waals surface area contributed by atoms with E-state index in [9.17, 15) is 18.0 Å². The van der Waals surface area contributed by atoms with Crippen LogP contribution in [-0.4, -0.2) is 24.0 Å². The SMILES string of the molecule is O=C(Nc1ccc(Cl)c(C(F)(F)F)c1)c1cc(N2CCCC2)ccn1. The predicted octanol–water partition coefficient (Wildman–Crippen LogP) is 4.61. The van der Waals surface area contributed by atoms with Crippen LogP contribution in [0, 0.1) is 0 Å². The van der Waals surface area contributed by atoms with Gasteiger partial charge in [-0.15, -0.1) is 0 Å². The molecule has 0 saturated carbocycles. The molecule has 132 valence electrons. The van der Waals surface area contributed by atoms with Gasteiger partial charge in [0.25, 0.3) is 5.91 Å². The smallest absolute Gasteiger partial charge is 0.371 e. The van der Waals surface area contributed by atoms with Gasteiger partial charge in [0.15, 0.2) is 0 Å². The maximum Gasteiger partial charge on any atom is 0.417 e. The number of hydrogen-bond acceptors (Lipinski definition) is 3. The first kappa shape index (κ1) is 17.5. The number of amides is 1. The van der Waals surface area contributed by atoms with E-state index in [1.54, 1.807) is 6.07 Å². The van der Waals surface area contributed by atoms with E-state index >= 15 is 0 Å². The van der Waals surface area contributed by atoms with Crippen molar-refractivity contribution in [3.63, 3.8) is 0 Å². The van der Waals surface area contributed by atoms with Gasteiger partial charge in [0.05, 0.1) is 10.6 Å². The molecule has 0 atom stereocenters. The Kier molecular flexibility index (Phi) is 4.85. The number of rotatable bonds is 3. The first-order valence-electron chi connectivity index (χ1n) is 7.74. The molecule has 0 unspecified atom stereocenters. The molecule has 3 rings (SSSR count). The van der Waals surface area contributed by atoms with Gasteiger partial charge in [-0.05, 0) is 43.2 Å². The van der Waals surface area contributed by atoms with Crippen LogP contribution >= 0.6 is 11.6 Å². The lowest BCUT2D eigenvalue weighted by Crippen LogP contribution is -2.19. The van der Waals surface area contributed by atoms with Crippen molar-refractivity contribution in [2.75, 3.05) is 23.3 Å². The Morgan fingerprint density at radius 3 is 2.56 bits per heavy atom. The second-order valence-electron chi connectivity index (χ2n) is 5.74. The number of carbonyl (C=O) groups is 1. The molecule has 8 heteroatoms. The Bertz CT molecular complexity index is 789. The van der Waals surface area contributed by atoms with Crippen LogP contribution in [0.15, 0.2) is 36.5 Å². The lowest BCUT2D eigenvalue weighted by atomic mass is 10.2. The Morgan fingerprint density at radius 1 is 1.16 bits per heavy atom. The minimum atomic E-state index is -4.59. The third-order valence-corrected chi connectivity index (χ3v) is 4.31. The van der Waals surface area contributed by atoms with E-state index in [0.29, 0.717) is 0 Å². The molecule has 1 fully saturated rings. The van der Waals surface area contributed by atoms with Crippen LogP contribution in [0.2, 0.25) is 5.02 Å². The topological polar surface area (TPSA) is 45.2 Å². The number of carbonyl (C=O) groups excluding carboxylic acids is 1. The molecule has 1 saturated heterocycles. The molecule has 1 amide bonds. The van der Waals surface area contributed by atoms with Crippen LogP contribution < -0.4 is 10.2 Å². The number of anilines is 2. The Labute approximate surface area is 147 Å². The standard InChI is InChI=1S/C17H15ClF3N3O/c18-14-4-3-11(9-13(14)17(19,20)21)23-16(25)15-10-12(5-6-22-15)24-7-1-2-8-24/h3-6,9-10H,1-2,7-8H2,(H,23,25). The van der Waals surface area contributed by atoms with Gasteiger partial charge in [-0.25, -0.2) is 0 Å². The Hall–Kier alpha value is -2.28. The summed E-state index contributed by atoms with van der Waals surface area (Å²) in [5.74, 6) is -0.573. The zero-order chi connectivity index (χ0) is 18.0. The van der Waals surface area contributed by atoms with Gasteiger partial charge in [-0.1, -0.05) is 11.6 Å². The largest absolute Gasteiger partial charge is 0.417 e. The fourth-order valence-corrected chi connectivity index (χ4v) is 2.96. The van der Waals surface area contributed by atoms with E-state index in [2.05, 4.69) is 15.2 Å².